The largest absolute Gasteiger partial charge is 0.392 e. The van der Waals surface area contributed by atoms with Crippen molar-refractivity contribution in [1.29, 1.82) is 0 Å². The lowest BCUT2D eigenvalue weighted by Crippen LogP contribution is -2.27. The Bertz CT molecular complexity index is 336. The van der Waals surface area contributed by atoms with Crippen LogP contribution < -0.4 is 0 Å². The molecule has 1 atom stereocenters. The Labute approximate surface area is 104 Å². The van der Waals surface area contributed by atoms with Crippen molar-refractivity contribution in [2.24, 2.45) is 5.41 Å². The number of hydrogen-bond donors (Lipinski definition) is 1. The van der Waals surface area contributed by atoms with E-state index in [1.165, 1.54) is 5.56 Å². The molecule has 0 aromatic heterocycles. The van der Waals surface area contributed by atoms with Crippen molar-refractivity contribution >= 4 is 0 Å². The van der Waals surface area contributed by atoms with Gasteiger partial charge in [0.15, 0.2) is 0 Å². The van der Waals surface area contributed by atoms with Gasteiger partial charge in [-0.3, -0.25) is 0 Å². The normalized spacial score (nSPS) is 14.1. The van der Waals surface area contributed by atoms with E-state index in [9.17, 15) is 0 Å². The molecule has 1 aromatic carbocycles. The van der Waals surface area contributed by atoms with E-state index in [4.69, 9.17) is 9.84 Å². The van der Waals surface area contributed by atoms with Gasteiger partial charge < -0.3 is 9.84 Å². The van der Waals surface area contributed by atoms with Crippen LogP contribution in [0.1, 0.15) is 26.3 Å². The summed E-state index contributed by atoms with van der Waals surface area (Å²) >= 11 is 0. The molecular weight excluding hydrogens is 212 g/mol. The summed E-state index contributed by atoms with van der Waals surface area (Å²) in [5.74, 6) is 0. The van der Waals surface area contributed by atoms with E-state index in [0.717, 1.165) is 0 Å². The fourth-order valence-corrected chi connectivity index (χ4v) is 1.54. The second-order valence-corrected chi connectivity index (χ2v) is 5.19. The molecule has 0 aliphatic rings. The predicted octanol–water partition coefficient (Wildman–Crippen LogP) is 3.17. The molecule has 0 fully saturated rings. The number of rotatable bonds is 5. The van der Waals surface area contributed by atoms with Crippen LogP contribution in [0.25, 0.3) is 0 Å². The molecule has 0 radical (unpaired) electrons. The van der Waals surface area contributed by atoms with Gasteiger partial charge in [-0.05, 0) is 11.0 Å². The Morgan fingerprint density at radius 1 is 1.24 bits per heavy atom. The monoisotopic (exact) mass is 234 g/mol. The van der Waals surface area contributed by atoms with Crippen molar-refractivity contribution in [1.82, 2.24) is 0 Å². The van der Waals surface area contributed by atoms with Gasteiger partial charge in [0.25, 0.3) is 0 Å². The maximum absolute atomic E-state index is 8.82. The first-order valence-corrected chi connectivity index (χ1v) is 5.97. The molecule has 0 heterocycles. The minimum atomic E-state index is 0.00913. The maximum Gasteiger partial charge on any atom is 0.0809 e. The maximum atomic E-state index is 8.82. The van der Waals surface area contributed by atoms with Crippen LogP contribution in [0.4, 0.5) is 0 Å². The van der Waals surface area contributed by atoms with Gasteiger partial charge in [-0.2, -0.15) is 0 Å². The van der Waals surface area contributed by atoms with Gasteiger partial charge in [0, 0.05) is 0 Å². The van der Waals surface area contributed by atoms with Crippen molar-refractivity contribution in [3.05, 3.63) is 48.0 Å². The second kappa shape index (κ2) is 6.58. The molecule has 1 aromatic rings. The lowest BCUT2D eigenvalue weighted by atomic mass is 9.88. The summed E-state index contributed by atoms with van der Waals surface area (Å²) in [4.78, 5) is 0. The quantitative estimate of drug-likeness (QED) is 0.793. The number of aliphatic hydroxyl groups excluding tert-OH is 1. The van der Waals surface area contributed by atoms with Crippen molar-refractivity contribution < 1.29 is 9.84 Å². The van der Waals surface area contributed by atoms with Crippen molar-refractivity contribution in [3.8, 4) is 0 Å². The van der Waals surface area contributed by atoms with Crippen molar-refractivity contribution in [2.75, 3.05) is 6.61 Å². The highest BCUT2D eigenvalue weighted by Gasteiger charge is 2.22. The molecule has 2 heteroatoms. The van der Waals surface area contributed by atoms with Crippen LogP contribution in [0, 0.1) is 5.41 Å². The lowest BCUT2D eigenvalue weighted by molar-refractivity contribution is 0.00384. The summed E-state index contributed by atoms with van der Waals surface area (Å²) in [7, 11) is 0. The molecule has 0 aliphatic heterocycles. The van der Waals surface area contributed by atoms with Crippen molar-refractivity contribution in [2.45, 2.75) is 33.5 Å². The van der Waals surface area contributed by atoms with Gasteiger partial charge in [0.1, 0.15) is 0 Å². The number of ether oxygens (including phenoxy) is 1. The van der Waals surface area contributed by atoms with Gasteiger partial charge in [-0.1, -0.05) is 63.3 Å². The van der Waals surface area contributed by atoms with Crippen LogP contribution in [-0.4, -0.2) is 17.8 Å². The number of hydrogen-bond acceptors (Lipinski definition) is 2. The van der Waals surface area contributed by atoms with Gasteiger partial charge >= 0.3 is 0 Å². The van der Waals surface area contributed by atoms with Crippen molar-refractivity contribution in [3.63, 3.8) is 0 Å². The Morgan fingerprint density at radius 3 is 2.41 bits per heavy atom. The average Bonchev–Trinajstić information content (AvgIpc) is 2.29. The van der Waals surface area contributed by atoms with E-state index in [-0.39, 0.29) is 18.1 Å². The molecule has 94 valence electrons. The number of aliphatic hydroxyl groups is 1. The first kappa shape index (κ1) is 13.9. The number of benzene rings is 1. The topological polar surface area (TPSA) is 29.5 Å². The van der Waals surface area contributed by atoms with Gasteiger partial charge in [0.05, 0.1) is 19.3 Å². The molecule has 2 nitrogen and oxygen atoms in total. The summed E-state index contributed by atoms with van der Waals surface area (Å²) < 4.78 is 5.90. The molecule has 0 amide bonds. The summed E-state index contributed by atoms with van der Waals surface area (Å²) in [5.41, 5.74) is 1.19. The Kier molecular flexibility index (Phi) is 5.39. The summed E-state index contributed by atoms with van der Waals surface area (Å²) in [5, 5.41) is 8.82. The van der Waals surface area contributed by atoms with Crippen LogP contribution in [0.5, 0.6) is 0 Å². The zero-order valence-electron chi connectivity index (χ0n) is 10.9. The Hall–Kier alpha value is -1.12. The van der Waals surface area contributed by atoms with Crippen LogP contribution in [0.15, 0.2) is 42.5 Å². The Balaban J connectivity index is 2.59. The lowest BCUT2D eigenvalue weighted by Gasteiger charge is -2.28. The zero-order chi connectivity index (χ0) is 12.7. The first-order chi connectivity index (χ1) is 8.04. The third kappa shape index (κ3) is 5.16. The van der Waals surface area contributed by atoms with E-state index in [1.54, 1.807) is 6.08 Å². The third-order valence-electron chi connectivity index (χ3n) is 2.54. The molecule has 17 heavy (non-hydrogen) atoms. The minimum Gasteiger partial charge on any atom is -0.392 e. The van der Waals surface area contributed by atoms with E-state index < -0.39 is 0 Å². The summed E-state index contributed by atoms with van der Waals surface area (Å²) in [6, 6.07) is 10.1. The third-order valence-corrected chi connectivity index (χ3v) is 2.54. The standard InChI is InChI=1S/C15H22O2/c1-15(2,3)14(10-7-11-16)17-12-13-8-5-4-6-9-13/h4-10,14,16H,11-12H2,1-3H3/b10-7-. The molecule has 1 unspecified atom stereocenters. The van der Waals surface area contributed by atoms with E-state index in [1.807, 2.05) is 24.3 Å². The molecule has 0 aliphatic carbocycles. The van der Waals surface area contributed by atoms with Crippen LogP contribution in [0.3, 0.4) is 0 Å². The van der Waals surface area contributed by atoms with Crippen LogP contribution >= 0.6 is 0 Å². The second-order valence-electron chi connectivity index (χ2n) is 5.19. The highest BCUT2D eigenvalue weighted by atomic mass is 16.5. The molecule has 1 rings (SSSR count). The fraction of sp³-hybridized carbons (Fsp3) is 0.467. The smallest absolute Gasteiger partial charge is 0.0809 e. The summed E-state index contributed by atoms with van der Waals surface area (Å²) in [6.45, 7) is 7.04. The average molecular weight is 234 g/mol. The minimum absolute atomic E-state index is 0.00913. The predicted molar refractivity (Wildman–Crippen MR) is 70.7 cm³/mol. The van der Waals surface area contributed by atoms with E-state index in [0.29, 0.717) is 6.61 Å². The molecule has 0 saturated heterocycles. The zero-order valence-corrected chi connectivity index (χ0v) is 10.9. The highest BCUT2D eigenvalue weighted by Crippen LogP contribution is 2.24. The molecule has 0 bridgehead atoms. The molecular formula is C15H22O2. The van der Waals surface area contributed by atoms with Gasteiger partial charge in [-0.15, -0.1) is 0 Å². The SMILES string of the molecule is CC(C)(C)C(/C=C\CO)OCc1ccccc1. The molecule has 1 N–H and O–H groups in total. The summed E-state index contributed by atoms with van der Waals surface area (Å²) in [6.07, 6.45) is 3.68. The van der Waals surface area contributed by atoms with Crippen LogP contribution in [-0.2, 0) is 11.3 Å². The molecule has 0 saturated carbocycles. The fourth-order valence-electron chi connectivity index (χ4n) is 1.54. The van der Waals surface area contributed by atoms with Gasteiger partial charge in [0.2, 0.25) is 0 Å². The molecule has 0 spiro atoms. The van der Waals surface area contributed by atoms with Crippen LogP contribution in [0.2, 0.25) is 0 Å². The van der Waals surface area contributed by atoms with Gasteiger partial charge in [-0.25, -0.2) is 0 Å². The Morgan fingerprint density at radius 2 is 1.88 bits per heavy atom. The van der Waals surface area contributed by atoms with E-state index in [2.05, 4.69) is 32.9 Å². The van der Waals surface area contributed by atoms with E-state index >= 15 is 0 Å². The highest BCUT2D eigenvalue weighted by molar-refractivity contribution is 5.13. The first-order valence-electron chi connectivity index (χ1n) is 5.97.